The lowest BCUT2D eigenvalue weighted by molar-refractivity contribution is -0.114. The van der Waals surface area contributed by atoms with Crippen molar-refractivity contribution in [2.24, 2.45) is 4.99 Å². The minimum Gasteiger partial charge on any atom is -0.395 e. The highest BCUT2D eigenvalue weighted by atomic mass is 35.5. The SMILES string of the molecule is Cc1cc(Cl)nc(-c2cnn(SF)c2)c1N=CN(C=O)CCO. The van der Waals surface area contributed by atoms with Gasteiger partial charge in [0.2, 0.25) is 6.41 Å². The molecule has 0 atom stereocenters. The van der Waals surface area contributed by atoms with Gasteiger partial charge in [-0.15, -0.1) is 3.89 Å². The summed E-state index contributed by atoms with van der Waals surface area (Å²) in [6, 6.07) is 1.63. The first-order valence-corrected chi connectivity index (χ1v) is 7.51. The average molecular weight is 358 g/mol. The van der Waals surface area contributed by atoms with Crippen molar-refractivity contribution in [2.45, 2.75) is 6.92 Å². The van der Waals surface area contributed by atoms with Gasteiger partial charge in [0.05, 0.1) is 24.8 Å². The number of aliphatic imine (C=N–C) groups is 1. The zero-order valence-corrected chi connectivity index (χ0v) is 13.6. The maximum atomic E-state index is 12.6. The third-order valence-electron chi connectivity index (χ3n) is 2.89. The summed E-state index contributed by atoms with van der Waals surface area (Å²) in [5.41, 5.74) is 2.16. The molecule has 1 amide bonds. The average Bonchev–Trinajstić information content (AvgIpc) is 3.01. The summed E-state index contributed by atoms with van der Waals surface area (Å²) in [5.74, 6) is 0. The molecule has 1 N–H and O–H groups in total. The van der Waals surface area contributed by atoms with Gasteiger partial charge in [-0.2, -0.15) is 9.19 Å². The van der Waals surface area contributed by atoms with Crippen LogP contribution in [0.2, 0.25) is 5.15 Å². The van der Waals surface area contributed by atoms with Gasteiger partial charge in [-0.05, 0) is 18.6 Å². The Labute approximate surface area is 141 Å². The Morgan fingerprint density at radius 2 is 2.39 bits per heavy atom. The molecule has 2 aromatic rings. The predicted molar refractivity (Wildman–Crippen MR) is 87.3 cm³/mol. The molecule has 0 bridgehead atoms. The highest BCUT2D eigenvalue weighted by Gasteiger charge is 2.13. The number of rotatable bonds is 7. The van der Waals surface area contributed by atoms with Gasteiger partial charge >= 0.3 is 0 Å². The van der Waals surface area contributed by atoms with Gasteiger partial charge in [-0.3, -0.25) is 4.79 Å². The molecule has 2 rings (SSSR count). The van der Waals surface area contributed by atoms with Crippen LogP contribution < -0.4 is 0 Å². The van der Waals surface area contributed by atoms with Crippen LogP contribution >= 0.6 is 23.9 Å². The van der Waals surface area contributed by atoms with Crippen LogP contribution in [0.3, 0.4) is 0 Å². The third kappa shape index (κ3) is 4.27. The number of halogens is 2. The lowest BCUT2D eigenvalue weighted by atomic mass is 10.1. The molecule has 7 nitrogen and oxygen atoms in total. The highest BCUT2D eigenvalue weighted by molar-refractivity contribution is 7.92. The Bertz CT molecular complexity index is 724. The zero-order valence-electron chi connectivity index (χ0n) is 12.1. The number of nitrogens with zero attached hydrogens (tertiary/aromatic N) is 5. The van der Waals surface area contributed by atoms with Crippen molar-refractivity contribution in [3.05, 3.63) is 29.2 Å². The quantitative estimate of drug-likeness (QED) is 0.356. The van der Waals surface area contributed by atoms with Crippen LogP contribution in [0, 0.1) is 6.92 Å². The van der Waals surface area contributed by atoms with Crippen molar-refractivity contribution in [1.82, 2.24) is 19.1 Å². The lowest BCUT2D eigenvalue weighted by Gasteiger charge is -2.11. The first-order valence-electron chi connectivity index (χ1n) is 6.46. The summed E-state index contributed by atoms with van der Waals surface area (Å²) in [5, 5.41) is 13.0. The van der Waals surface area contributed by atoms with E-state index in [4.69, 9.17) is 16.7 Å². The maximum Gasteiger partial charge on any atom is 0.214 e. The number of aliphatic hydroxyl groups excluding tert-OH is 1. The smallest absolute Gasteiger partial charge is 0.214 e. The molecule has 122 valence electrons. The fourth-order valence-corrected chi connectivity index (χ4v) is 2.32. The Kier molecular flexibility index (Phi) is 6.08. The summed E-state index contributed by atoms with van der Waals surface area (Å²) < 4.78 is 13.6. The number of carbonyl (C=O) groups excluding carboxylic acids is 1. The number of aliphatic hydroxyl groups is 1. The molecule has 10 heteroatoms. The standard InChI is InChI=1S/C13H13ClFN5O2S/c1-9-4-11(14)18-13(10-5-17-20(6-10)23-15)12(9)16-7-19(8-22)2-3-21/h4-8,21H,2-3H2,1H3. The molecule has 2 heterocycles. The van der Waals surface area contributed by atoms with Gasteiger partial charge in [0, 0.05) is 18.3 Å². The fourth-order valence-electron chi connectivity index (χ4n) is 1.84. The molecule has 23 heavy (non-hydrogen) atoms. The minimum absolute atomic E-state index is 0.0489. The molecule has 0 aromatic carbocycles. The monoisotopic (exact) mass is 357 g/mol. The summed E-state index contributed by atoms with van der Waals surface area (Å²) in [7, 11) is 0. The van der Waals surface area contributed by atoms with Gasteiger partial charge < -0.3 is 10.0 Å². The van der Waals surface area contributed by atoms with Gasteiger partial charge in [0.25, 0.3) is 0 Å². The van der Waals surface area contributed by atoms with Gasteiger partial charge in [0.15, 0.2) is 12.3 Å². The van der Waals surface area contributed by atoms with Crippen LogP contribution in [0.15, 0.2) is 23.5 Å². The molecular formula is C13H13ClFN5O2S. The molecule has 0 fully saturated rings. The summed E-state index contributed by atoms with van der Waals surface area (Å²) in [6.07, 6.45) is 4.73. The van der Waals surface area contributed by atoms with E-state index in [2.05, 4.69) is 15.1 Å². The highest BCUT2D eigenvalue weighted by Crippen LogP contribution is 2.33. The van der Waals surface area contributed by atoms with E-state index in [1.54, 1.807) is 13.0 Å². The van der Waals surface area contributed by atoms with E-state index in [1.165, 1.54) is 23.6 Å². The maximum absolute atomic E-state index is 12.6. The zero-order chi connectivity index (χ0) is 16.8. The Morgan fingerprint density at radius 1 is 1.61 bits per heavy atom. The van der Waals surface area contributed by atoms with Gasteiger partial charge in [-0.25, -0.2) is 9.98 Å². The van der Waals surface area contributed by atoms with Crippen molar-refractivity contribution >= 4 is 42.4 Å². The van der Waals surface area contributed by atoms with E-state index in [9.17, 15) is 8.68 Å². The van der Waals surface area contributed by atoms with Crippen molar-refractivity contribution in [2.75, 3.05) is 13.2 Å². The number of pyridine rings is 1. The van der Waals surface area contributed by atoms with Crippen LogP contribution in [0.1, 0.15) is 5.56 Å². The minimum atomic E-state index is -0.185. The third-order valence-corrected chi connectivity index (χ3v) is 3.42. The normalized spacial score (nSPS) is 11.1. The molecule has 2 aromatic heterocycles. The number of amides is 1. The summed E-state index contributed by atoms with van der Waals surface area (Å²) in [4.78, 5) is 20.5. The molecule has 0 aliphatic carbocycles. The molecule has 0 saturated carbocycles. The van der Waals surface area contributed by atoms with Crippen LogP contribution in [0.5, 0.6) is 0 Å². The number of aryl methyl sites for hydroxylation is 1. The number of carbonyl (C=O) groups is 1. The van der Waals surface area contributed by atoms with E-state index in [0.717, 1.165) is 9.65 Å². The van der Waals surface area contributed by atoms with Crippen molar-refractivity contribution in [1.29, 1.82) is 0 Å². The molecule has 0 aliphatic heterocycles. The molecule has 0 spiro atoms. The second kappa shape index (κ2) is 8.04. The topological polar surface area (TPSA) is 83.6 Å². The fraction of sp³-hybridized carbons (Fsp3) is 0.231. The van der Waals surface area contributed by atoms with Gasteiger partial charge in [0.1, 0.15) is 10.8 Å². The van der Waals surface area contributed by atoms with Crippen LogP contribution in [-0.4, -0.2) is 50.1 Å². The first kappa shape index (κ1) is 17.4. The summed E-state index contributed by atoms with van der Waals surface area (Å²) in [6.45, 7) is 1.73. The van der Waals surface area contributed by atoms with Crippen molar-refractivity contribution < 1.29 is 13.8 Å². The van der Waals surface area contributed by atoms with E-state index < -0.39 is 0 Å². The largest absolute Gasteiger partial charge is 0.395 e. The Hall–Kier alpha value is -1.97. The number of hydrogen-bond acceptors (Lipinski definition) is 6. The second-order valence-electron chi connectivity index (χ2n) is 4.47. The van der Waals surface area contributed by atoms with Crippen LogP contribution in [0.4, 0.5) is 9.57 Å². The van der Waals surface area contributed by atoms with E-state index >= 15 is 0 Å². The van der Waals surface area contributed by atoms with E-state index in [1.807, 2.05) is 0 Å². The van der Waals surface area contributed by atoms with E-state index in [0.29, 0.717) is 23.4 Å². The molecule has 0 saturated heterocycles. The van der Waals surface area contributed by atoms with Crippen molar-refractivity contribution in [3.8, 4) is 11.3 Å². The summed E-state index contributed by atoms with van der Waals surface area (Å²) >= 11 is 5.93. The van der Waals surface area contributed by atoms with Crippen molar-refractivity contribution in [3.63, 3.8) is 0 Å². The second-order valence-corrected chi connectivity index (χ2v) is 5.37. The Balaban J connectivity index is 2.45. The van der Waals surface area contributed by atoms with Crippen LogP contribution in [-0.2, 0) is 4.79 Å². The Morgan fingerprint density at radius 3 is 3.00 bits per heavy atom. The first-order chi connectivity index (χ1) is 11.1. The van der Waals surface area contributed by atoms with Gasteiger partial charge in [-0.1, -0.05) is 11.6 Å². The van der Waals surface area contributed by atoms with E-state index in [-0.39, 0.29) is 30.6 Å². The number of aromatic nitrogens is 3. The molecule has 0 aliphatic rings. The molecular weight excluding hydrogens is 345 g/mol. The predicted octanol–water partition coefficient (Wildman–Crippen LogP) is 2.40. The lowest BCUT2D eigenvalue weighted by Crippen LogP contribution is -2.23. The molecule has 0 unspecified atom stereocenters. The molecule has 0 radical (unpaired) electrons. The van der Waals surface area contributed by atoms with Crippen LogP contribution in [0.25, 0.3) is 11.3 Å². The number of hydrogen-bond donors (Lipinski definition) is 1.